The molecule has 0 fully saturated rings. The maximum Gasteiger partial charge on any atom is 0.0979 e. The Hall–Kier alpha value is -6.33. The molecule has 0 aliphatic heterocycles. The quantitative estimate of drug-likeness (QED) is 0.151. The van der Waals surface area contributed by atoms with Crippen molar-refractivity contribution in [3.8, 4) is 45.3 Å². The van der Waals surface area contributed by atoms with Gasteiger partial charge in [0.15, 0.2) is 0 Å². The number of rotatable bonds is 4. The van der Waals surface area contributed by atoms with E-state index in [1.807, 2.05) is 48.5 Å². The van der Waals surface area contributed by atoms with Crippen LogP contribution in [0.2, 0.25) is 0 Å². The van der Waals surface area contributed by atoms with Gasteiger partial charge in [0.2, 0.25) is 0 Å². The van der Waals surface area contributed by atoms with E-state index in [2.05, 4.69) is 102 Å². The van der Waals surface area contributed by atoms with Crippen LogP contribution in [0.5, 0.6) is 0 Å². The third kappa shape index (κ3) is 4.54. The Morgan fingerprint density at radius 3 is 1.78 bits per heavy atom. The zero-order valence-electron chi connectivity index (χ0n) is 24.7. The highest BCUT2D eigenvalue weighted by Gasteiger charge is 2.15. The molecular weight excluding hydrogens is 562 g/mol. The summed E-state index contributed by atoms with van der Waals surface area (Å²) in [5.74, 6) is 0. The molecule has 0 aliphatic rings. The molecule has 0 saturated heterocycles. The van der Waals surface area contributed by atoms with Gasteiger partial charge in [-0.3, -0.25) is 4.98 Å². The Bertz CT molecular complexity index is 2580. The van der Waals surface area contributed by atoms with E-state index in [0.29, 0.717) is 0 Å². The van der Waals surface area contributed by atoms with Gasteiger partial charge in [0.05, 0.1) is 50.7 Å². The molecule has 0 amide bonds. The second-order valence-corrected chi connectivity index (χ2v) is 11.4. The highest BCUT2D eigenvalue weighted by Crippen LogP contribution is 2.36. The molecular formula is C41H25N5. The van der Waals surface area contributed by atoms with Crippen molar-refractivity contribution in [3.63, 3.8) is 0 Å². The van der Waals surface area contributed by atoms with E-state index >= 15 is 0 Å². The van der Waals surface area contributed by atoms with Crippen LogP contribution in [-0.4, -0.2) is 24.9 Å². The van der Waals surface area contributed by atoms with Crippen molar-refractivity contribution < 1.29 is 0 Å². The number of hydrogen-bond donors (Lipinski definition) is 0. The van der Waals surface area contributed by atoms with Gasteiger partial charge in [-0.05, 0) is 88.6 Å². The lowest BCUT2D eigenvalue weighted by Crippen LogP contribution is -1.96. The number of benzene rings is 4. The number of hydrogen-bond acceptors (Lipinski definition) is 5. The summed E-state index contributed by atoms with van der Waals surface area (Å²) < 4.78 is 0. The number of aromatic nitrogens is 5. The van der Waals surface area contributed by atoms with Crippen LogP contribution in [0.4, 0.5) is 0 Å². The van der Waals surface area contributed by atoms with Crippen LogP contribution >= 0.6 is 0 Å². The van der Waals surface area contributed by atoms with Crippen LogP contribution in [0, 0.1) is 0 Å². The van der Waals surface area contributed by atoms with Gasteiger partial charge in [-0.25, -0.2) is 19.9 Å². The summed E-state index contributed by atoms with van der Waals surface area (Å²) in [5, 5.41) is 5.53. The molecule has 46 heavy (non-hydrogen) atoms. The number of pyridine rings is 5. The van der Waals surface area contributed by atoms with Crippen LogP contribution in [-0.2, 0) is 0 Å². The molecule has 9 aromatic rings. The minimum absolute atomic E-state index is 0.778. The van der Waals surface area contributed by atoms with E-state index < -0.39 is 0 Å². The van der Waals surface area contributed by atoms with Crippen molar-refractivity contribution in [1.29, 1.82) is 0 Å². The first-order valence-corrected chi connectivity index (χ1v) is 15.3. The van der Waals surface area contributed by atoms with E-state index in [1.165, 1.54) is 10.8 Å². The van der Waals surface area contributed by atoms with Crippen LogP contribution in [0.1, 0.15) is 0 Å². The topological polar surface area (TPSA) is 64.5 Å². The van der Waals surface area contributed by atoms with E-state index in [-0.39, 0.29) is 0 Å². The third-order valence-electron chi connectivity index (χ3n) is 8.48. The molecule has 214 valence electrons. The molecule has 0 saturated carbocycles. The molecule has 4 aromatic carbocycles. The summed E-state index contributed by atoms with van der Waals surface area (Å²) in [6.07, 6.45) is 1.78. The first-order chi connectivity index (χ1) is 22.8. The highest BCUT2D eigenvalue weighted by atomic mass is 14.8. The van der Waals surface area contributed by atoms with Crippen molar-refractivity contribution in [2.24, 2.45) is 0 Å². The van der Waals surface area contributed by atoms with Crippen molar-refractivity contribution >= 4 is 43.5 Å². The van der Waals surface area contributed by atoms with Crippen molar-refractivity contribution in [1.82, 2.24) is 24.9 Å². The third-order valence-corrected chi connectivity index (χ3v) is 8.48. The SMILES string of the molecule is c1ccc(-c2cc3ccc(-c4ccc5cc6ccccc6cc5n4)nc3c3nc(-c4cccc(-c5ccccn5)n4)ccc23)cc1. The van der Waals surface area contributed by atoms with E-state index in [9.17, 15) is 0 Å². The highest BCUT2D eigenvalue weighted by molar-refractivity contribution is 6.11. The van der Waals surface area contributed by atoms with Crippen LogP contribution in [0.25, 0.3) is 88.8 Å². The normalized spacial score (nSPS) is 11.5. The standard InChI is InChI=1S/C41H25N5/c1-2-9-26(10-3-1)32-24-30-17-20-37(36-19-16-29-23-27-11-4-5-12-28(27)25-39(29)44-36)45-40(30)41-31(32)18-21-38(46-41)35-15-8-14-34(43-35)33-13-6-7-22-42-33/h1-25H. The Balaban J connectivity index is 1.24. The summed E-state index contributed by atoms with van der Waals surface area (Å²) in [7, 11) is 0. The Morgan fingerprint density at radius 2 is 0.978 bits per heavy atom. The second-order valence-electron chi connectivity index (χ2n) is 11.4. The molecule has 5 aromatic heterocycles. The molecule has 0 unspecified atom stereocenters. The molecule has 5 heterocycles. The van der Waals surface area contributed by atoms with Crippen LogP contribution in [0.3, 0.4) is 0 Å². The molecule has 0 bridgehead atoms. The van der Waals surface area contributed by atoms with Gasteiger partial charge < -0.3 is 0 Å². The summed E-state index contributed by atoms with van der Waals surface area (Å²) in [6, 6.07) is 49.7. The Morgan fingerprint density at radius 1 is 0.348 bits per heavy atom. The van der Waals surface area contributed by atoms with Gasteiger partial charge in [0.25, 0.3) is 0 Å². The van der Waals surface area contributed by atoms with Gasteiger partial charge >= 0.3 is 0 Å². The van der Waals surface area contributed by atoms with Crippen LogP contribution in [0.15, 0.2) is 152 Å². The lowest BCUT2D eigenvalue weighted by Gasteiger charge is -2.13. The first kappa shape index (κ1) is 26.1. The largest absolute Gasteiger partial charge is 0.255 e. The second kappa shape index (κ2) is 10.7. The Kier molecular flexibility index (Phi) is 6.06. The average molecular weight is 588 g/mol. The molecule has 0 atom stereocenters. The smallest absolute Gasteiger partial charge is 0.0979 e. The lowest BCUT2D eigenvalue weighted by molar-refractivity contribution is 1.23. The monoisotopic (exact) mass is 587 g/mol. The molecule has 0 spiro atoms. The predicted molar refractivity (Wildman–Crippen MR) is 187 cm³/mol. The van der Waals surface area contributed by atoms with Gasteiger partial charge in [-0.2, -0.15) is 0 Å². The molecule has 5 nitrogen and oxygen atoms in total. The zero-order chi connectivity index (χ0) is 30.5. The van der Waals surface area contributed by atoms with Gasteiger partial charge in [0, 0.05) is 22.4 Å². The average Bonchev–Trinajstić information content (AvgIpc) is 3.14. The maximum atomic E-state index is 5.25. The molecule has 0 aliphatic carbocycles. The van der Waals surface area contributed by atoms with E-state index in [4.69, 9.17) is 19.9 Å². The van der Waals surface area contributed by atoms with Gasteiger partial charge in [-0.15, -0.1) is 0 Å². The van der Waals surface area contributed by atoms with E-state index in [1.54, 1.807) is 6.20 Å². The first-order valence-electron chi connectivity index (χ1n) is 15.3. The van der Waals surface area contributed by atoms with Gasteiger partial charge in [0.1, 0.15) is 0 Å². The molecule has 5 heteroatoms. The summed E-state index contributed by atoms with van der Waals surface area (Å²) in [5.41, 5.74) is 9.66. The fourth-order valence-electron chi connectivity index (χ4n) is 6.20. The van der Waals surface area contributed by atoms with E-state index in [0.717, 1.165) is 78.0 Å². The fourth-order valence-corrected chi connectivity index (χ4v) is 6.20. The maximum absolute atomic E-state index is 5.25. The number of nitrogens with zero attached hydrogens (tertiary/aromatic N) is 5. The summed E-state index contributed by atoms with van der Waals surface area (Å²) in [6.45, 7) is 0. The zero-order valence-corrected chi connectivity index (χ0v) is 24.7. The van der Waals surface area contributed by atoms with Crippen molar-refractivity contribution in [2.75, 3.05) is 0 Å². The molecule has 9 rings (SSSR count). The molecule has 0 N–H and O–H groups in total. The predicted octanol–water partition coefficient (Wildman–Crippen LogP) is 9.94. The summed E-state index contributed by atoms with van der Waals surface area (Å²) in [4.78, 5) is 25.0. The number of fused-ring (bicyclic) bond motifs is 5. The van der Waals surface area contributed by atoms with Crippen molar-refractivity contribution in [2.45, 2.75) is 0 Å². The fraction of sp³-hybridized carbons (Fsp3) is 0. The minimum atomic E-state index is 0.778. The van der Waals surface area contributed by atoms with Gasteiger partial charge in [-0.1, -0.05) is 78.9 Å². The minimum Gasteiger partial charge on any atom is -0.255 e. The summed E-state index contributed by atoms with van der Waals surface area (Å²) >= 11 is 0. The Labute approximate surface area is 264 Å². The van der Waals surface area contributed by atoms with Crippen LogP contribution < -0.4 is 0 Å². The molecule has 0 radical (unpaired) electrons. The lowest BCUT2D eigenvalue weighted by atomic mass is 9.97. The van der Waals surface area contributed by atoms with Crippen molar-refractivity contribution in [3.05, 3.63) is 152 Å².